The third kappa shape index (κ3) is 3.28. The SMILES string of the molecule is CCC1(CC)CC(Nc2cc(=O)[nH]c(C3CC3)n2)CCO1. The second-order valence-electron chi connectivity index (χ2n) is 6.36. The first-order valence-electron chi connectivity index (χ1n) is 8.16. The molecule has 1 saturated heterocycles. The van der Waals surface area contributed by atoms with Gasteiger partial charge in [-0.25, -0.2) is 4.98 Å². The fourth-order valence-electron chi connectivity index (χ4n) is 3.20. The maximum atomic E-state index is 11.8. The molecule has 0 bridgehead atoms. The monoisotopic (exact) mass is 291 g/mol. The van der Waals surface area contributed by atoms with E-state index in [9.17, 15) is 4.79 Å². The Morgan fingerprint density at radius 1 is 1.38 bits per heavy atom. The van der Waals surface area contributed by atoms with E-state index >= 15 is 0 Å². The Kier molecular flexibility index (Phi) is 4.02. The van der Waals surface area contributed by atoms with Crippen LogP contribution >= 0.6 is 0 Å². The second kappa shape index (κ2) is 5.79. The lowest BCUT2D eigenvalue weighted by molar-refractivity contribution is -0.0864. The fraction of sp³-hybridized carbons (Fsp3) is 0.750. The molecule has 3 rings (SSSR count). The molecular weight excluding hydrogens is 266 g/mol. The molecule has 1 aromatic rings. The molecule has 1 aliphatic carbocycles. The standard InChI is InChI=1S/C16H25N3O2/c1-3-16(4-2)10-12(7-8-21-16)17-13-9-14(20)19-15(18-13)11-5-6-11/h9,11-12H,3-8,10H2,1-2H3,(H2,17,18,19,20). The number of hydrogen-bond donors (Lipinski definition) is 2. The summed E-state index contributed by atoms with van der Waals surface area (Å²) >= 11 is 0. The average molecular weight is 291 g/mol. The highest BCUT2D eigenvalue weighted by Crippen LogP contribution is 2.38. The Morgan fingerprint density at radius 2 is 2.14 bits per heavy atom. The van der Waals surface area contributed by atoms with E-state index in [4.69, 9.17) is 4.74 Å². The third-order valence-corrected chi connectivity index (χ3v) is 4.86. The summed E-state index contributed by atoms with van der Waals surface area (Å²) in [7, 11) is 0. The minimum atomic E-state index is -0.0568. The molecular formula is C16H25N3O2. The van der Waals surface area contributed by atoms with Gasteiger partial charge in [0.15, 0.2) is 0 Å². The van der Waals surface area contributed by atoms with Gasteiger partial charge in [-0.2, -0.15) is 0 Å². The van der Waals surface area contributed by atoms with Crippen LogP contribution in [0.25, 0.3) is 0 Å². The number of H-pyrrole nitrogens is 1. The molecule has 0 amide bonds. The van der Waals surface area contributed by atoms with Crippen molar-refractivity contribution in [2.45, 2.75) is 69.9 Å². The van der Waals surface area contributed by atoms with Crippen molar-refractivity contribution < 1.29 is 4.74 Å². The van der Waals surface area contributed by atoms with Crippen molar-refractivity contribution >= 4 is 5.82 Å². The summed E-state index contributed by atoms with van der Waals surface area (Å²) < 4.78 is 6.00. The predicted molar refractivity (Wildman–Crippen MR) is 82.7 cm³/mol. The van der Waals surface area contributed by atoms with Gasteiger partial charge >= 0.3 is 0 Å². The van der Waals surface area contributed by atoms with Gasteiger partial charge in [0.05, 0.1) is 5.60 Å². The van der Waals surface area contributed by atoms with Crippen LogP contribution in [0.15, 0.2) is 10.9 Å². The van der Waals surface area contributed by atoms with E-state index in [0.717, 1.165) is 51.0 Å². The number of nitrogens with zero attached hydrogens (tertiary/aromatic N) is 1. The predicted octanol–water partition coefficient (Wildman–Crippen LogP) is 2.80. The molecule has 1 saturated carbocycles. The zero-order valence-electron chi connectivity index (χ0n) is 12.9. The van der Waals surface area contributed by atoms with Crippen molar-refractivity contribution in [3.63, 3.8) is 0 Å². The Balaban J connectivity index is 1.72. The van der Waals surface area contributed by atoms with Gasteiger partial charge in [-0.05, 0) is 38.5 Å². The van der Waals surface area contributed by atoms with Crippen LogP contribution in [0.2, 0.25) is 0 Å². The second-order valence-corrected chi connectivity index (χ2v) is 6.36. The quantitative estimate of drug-likeness (QED) is 0.875. The van der Waals surface area contributed by atoms with Crippen LogP contribution in [0.1, 0.15) is 64.1 Å². The summed E-state index contributed by atoms with van der Waals surface area (Å²) in [5, 5.41) is 3.46. The minimum absolute atomic E-state index is 0.0174. The first kappa shape index (κ1) is 14.6. The summed E-state index contributed by atoms with van der Waals surface area (Å²) in [6.07, 6.45) is 6.27. The van der Waals surface area contributed by atoms with Gasteiger partial charge in [-0.3, -0.25) is 4.79 Å². The minimum Gasteiger partial charge on any atom is -0.375 e. The zero-order valence-corrected chi connectivity index (χ0v) is 12.9. The highest BCUT2D eigenvalue weighted by molar-refractivity contribution is 5.35. The molecule has 2 fully saturated rings. The first-order chi connectivity index (χ1) is 10.1. The van der Waals surface area contributed by atoms with Crippen LogP contribution in [0.3, 0.4) is 0 Å². The van der Waals surface area contributed by atoms with Crippen molar-refractivity contribution in [3.05, 3.63) is 22.2 Å². The number of anilines is 1. The van der Waals surface area contributed by atoms with Crippen LogP contribution in [-0.4, -0.2) is 28.2 Å². The summed E-state index contributed by atoms with van der Waals surface area (Å²) in [5.74, 6) is 2.02. The Bertz CT molecular complexity index is 547. The summed E-state index contributed by atoms with van der Waals surface area (Å²) in [6.45, 7) is 5.14. The molecule has 5 nitrogen and oxygen atoms in total. The molecule has 2 heterocycles. The number of nitrogens with one attached hydrogen (secondary N) is 2. The van der Waals surface area contributed by atoms with Crippen molar-refractivity contribution in [2.75, 3.05) is 11.9 Å². The van der Waals surface area contributed by atoms with Gasteiger partial charge in [-0.1, -0.05) is 13.8 Å². The molecule has 2 aliphatic rings. The summed E-state index contributed by atoms with van der Waals surface area (Å²) in [4.78, 5) is 19.2. The maximum Gasteiger partial charge on any atom is 0.252 e. The van der Waals surface area contributed by atoms with E-state index in [-0.39, 0.29) is 11.2 Å². The number of ether oxygens (including phenoxy) is 1. The van der Waals surface area contributed by atoms with E-state index in [0.29, 0.717) is 17.8 Å². The van der Waals surface area contributed by atoms with Gasteiger partial charge in [-0.15, -0.1) is 0 Å². The van der Waals surface area contributed by atoms with E-state index in [1.807, 2.05) is 0 Å². The molecule has 1 aliphatic heterocycles. The molecule has 5 heteroatoms. The molecule has 1 aromatic heterocycles. The van der Waals surface area contributed by atoms with E-state index < -0.39 is 0 Å². The summed E-state index contributed by atoms with van der Waals surface area (Å²) in [5.41, 5.74) is -0.0742. The number of aromatic amines is 1. The van der Waals surface area contributed by atoms with Gasteiger partial charge in [0, 0.05) is 24.6 Å². The van der Waals surface area contributed by atoms with Gasteiger partial charge in [0.25, 0.3) is 5.56 Å². The molecule has 0 spiro atoms. The molecule has 21 heavy (non-hydrogen) atoms. The van der Waals surface area contributed by atoms with Crippen LogP contribution in [0, 0.1) is 0 Å². The van der Waals surface area contributed by atoms with E-state index in [1.165, 1.54) is 0 Å². The normalized spacial score (nSPS) is 24.8. The van der Waals surface area contributed by atoms with E-state index in [1.54, 1.807) is 6.07 Å². The van der Waals surface area contributed by atoms with Gasteiger partial charge < -0.3 is 15.0 Å². The zero-order chi connectivity index (χ0) is 14.9. The first-order valence-corrected chi connectivity index (χ1v) is 8.16. The smallest absolute Gasteiger partial charge is 0.252 e. The van der Waals surface area contributed by atoms with Gasteiger partial charge in [0.2, 0.25) is 0 Å². The van der Waals surface area contributed by atoms with Crippen molar-refractivity contribution in [1.82, 2.24) is 9.97 Å². The van der Waals surface area contributed by atoms with Crippen molar-refractivity contribution in [1.29, 1.82) is 0 Å². The van der Waals surface area contributed by atoms with Crippen LogP contribution in [-0.2, 0) is 4.74 Å². The molecule has 116 valence electrons. The number of aromatic nitrogens is 2. The molecule has 0 radical (unpaired) electrons. The van der Waals surface area contributed by atoms with Crippen molar-refractivity contribution in [3.8, 4) is 0 Å². The van der Waals surface area contributed by atoms with Gasteiger partial charge in [0.1, 0.15) is 11.6 Å². The number of hydrogen-bond acceptors (Lipinski definition) is 4. The highest BCUT2D eigenvalue weighted by Gasteiger charge is 2.34. The topological polar surface area (TPSA) is 67.0 Å². The Morgan fingerprint density at radius 3 is 2.81 bits per heavy atom. The maximum absolute atomic E-state index is 11.8. The molecule has 2 N–H and O–H groups in total. The van der Waals surface area contributed by atoms with E-state index in [2.05, 4.69) is 29.1 Å². The average Bonchev–Trinajstić information content (AvgIpc) is 3.31. The van der Waals surface area contributed by atoms with Crippen molar-refractivity contribution in [2.24, 2.45) is 0 Å². The lowest BCUT2D eigenvalue weighted by atomic mass is 9.86. The van der Waals surface area contributed by atoms with Crippen LogP contribution < -0.4 is 10.9 Å². The summed E-state index contributed by atoms with van der Waals surface area (Å²) in [6, 6.07) is 1.90. The largest absolute Gasteiger partial charge is 0.375 e. The Hall–Kier alpha value is -1.36. The molecule has 1 atom stereocenters. The van der Waals surface area contributed by atoms with Crippen LogP contribution in [0.5, 0.6) is 0 Å². The lowest BCUT2D eigenvalue weighted by Crippen LogP contribution is -2.43. The third-order valence-electron chi connectivity index (χ3n) is 4.86. The molecule has 1 unspecified atom stereocenters. The lowest BCUT2D eigenvalue weighted by Gasteiger charge is -2.40. The highest BCUT2D eigenvalue weighted by atomic mass is 16.5. The van der Waals surface area contributed by atoms with Crippen LogP contribution in [0.4, 0.5) is 5.82 Å². The molecule has 0 aromatic carbocycles. The number of rotatable bonds is 5. The Labute approximate surface area is 125 Å². The fourth-order valence-corrected chi connectivity index (χ4v) is 3.20.